The number of benzene rings is 1. The average Bonchev–Trinajstić information content (AvgIpc) is 2.75. The molecule has 1 aromatic heterocycles. The van der Waals surface area contributed by atoms with Crippen LogP contribution in [-0.4, -0.2) is 78.6 Å². The molecule has 1 aliphatic rings. The van der Waals surface area contributed by atoms with Gasteiger partial charge in [0.2, 0.25) is 5.95 Å². The Morgan fingerprint density at radius 1 is 1.07 bits per heavy atom. The van der Waals surface area contributed by atoms with E-state index < -0.39 is 0 Å². The van der Waals surface area contributed by atoms with E-state index in [4.69, 9.17) is 4.99 Å². The van der Waals surface area contributed by atoms with Crippen LogP contribution in [0.4, 0.5) is 5.95 Å². The van der Waals surface area contributed by atoms with Gasteiger partial charge in [-0.1, -0.05) is 30.3 Å². The maximum absolute atomic E-state index is 4.86. The molecule has 150 valence electrons. The fourth-order valence-electron chi connectivity index (χ4n) is 3.30. The van der Waals surface area contributed by atoms with Crippen molar-refractivity contribution in [2.45, 2.75) is 13.5 Å². The summed E-state index contributed by atoms with van der Waals surface area (Å²) in [5.41, 5.74) is 1.33. The Bertz CT molecular complexity index is 712. The van der Waals surface area contributed by atoms with Crippen LogP contribution in [0.15, 0.2) is 53.8 Å². The molecule has 2 aromatic rings. The van der Waals surface area contributed by atoms with Crippen LogP contribution in [0.1, 0.15) is 12.5 Å². The Labute approximate surface area is 168 Å². The summed E-state index contributed by atoms with van der Waals surface area (Å²) in [4.78, 5) is 20.4. The normalized spacial score (nSPS) is 15.2. The minimum absolute atomic E-state index is 0.785. The van der Waals surface area contributed by atoms with Gasteiger partial charge in [-0.2, -0.15) is 0 Å². The Morgan fingerprint density at radius 2 is 1.79 bits per heavy atom. The smallest absolute Gasteiger partial charge is 0.225 e. The lowest BCUT2D eigenvalue weighted by molar-refractivity contribution is 0.333. The average molecular weight is 382 g/mol. The number of hydrogen-bond donors (Lipinski definition) is 1. The van der Waals surface area contributed by atoms with Crippen molar-refractivity contribution >= 4 is 11.9 Å². The molecule has 1 aromatic carbocycles. The van der Waals surface area contributed by atoms with Crippen molar-refractivity contribution in [2.24, 2.45) is 4.99 Å². The molecule has 1 N–H and O–H groups in total. The highest BCUT2D eigenvalue weighted by Crippen LogP contribution is 2.10. The predicted octanol–water partition coefficient (Wildman–Crippen LogP) is 1.70. The first kappa shape index (κ1) is 20.1. The Balaban J connectivity index is 1.49. The number of anilines is 1. The molecule has 0 saturated carbocycles. The molecule has 7 nitrogen and oxygen atoms in total. The first-order chi connectivity index (χ1) is 13.8. The van der Waals surface area contributed by atoms with Crippen molar-refractivity contribution in [3.8, 4) is 0 Å². The third-order valence-corrected chi connectivity index (χ3v) is 4.79. The number of nitrogens with one attached hydrogen (secondary N) is 1. The van der Waals surface area contributed by atoms with Gasteiger partial charge in [0.05, 0.1) is 6.54 Å². The number of aliphatic imine (C=N–C) groups is 1. The minimum Gasteiger partial charge on any atom is -0.357 e. The maximum Gasteiger partial charge on any atom is 0.225 e. The fraction of sp³-hybridized carbons (Fsp3) is 0.476. The van der Waals surface area contributed by atoms with Gasteiger partial charge in [-0.05, 0) is 25.6 Å². The highest BCUT2D eigenvalue weighted by Gasteiger charge is 2.20. The van der Waals surface area contributed by atoms with Gasteiger partial charge in [-0.25, -0.2) is 9.97 Å². The summed E-state index contributed by atoms with van der Waals surface area (Å²) in [6.45, 7) is 9.31. The van der Waals surface area contributed by atoms with E-state index in [2.05, 4.69) is 74.3 Å². The van der Waals surface area contributed by atoms with Gasteiger partial charge in [0.25, 0.3) is 0 Å². The molecule has 1 fully saturated rings. The van der Waals surface area contributed by atoms with Crippen molar-refractivity contribution in [1.29, 1.82) is 0 Å². The molecule has 0 unspecified atom stereocenters. The van der Waals surface area contributed by atoms with Crippen LogP contribution in [0.2, 0.25) is 0 Å². The molecule has 2 heterocycles. The summed E-state index contributed by atoms with van der Waals surface area (Å²) in [5.74, 6) is 1.82. The van der Waals surface area contributed by atoms with Gasteiger partial charge < -0.3 is 20.0 Å². The summed E-state index contributed by atoms with van der Waals surface area (Å²) in [6, 6.07) is 12.4. The summed E-state index contributed by atoms with van der Waals surface area (Å²) in [6.07, 6.45) is 3.60. The second-order valence-corrected chi connectivity index (χ2v) is 6.98. The topological polar surface area (TPSA) is 59.9 Å². The van der Waals surface area contributed by atoms with E-state index in [0.717, 1.165) is 64.3 Å². The first-order valence-electron chi connectivity index (χ1n) is 10.0. The molecule has 0 atom stereocenters. The molecule has 1 saturated heterocycles. The standard InChI is InChI=1S/C21H31N7/c1-3-22-20(25-12-13-26(2)18-19-8-5-4-6-9-19)27-14-16-28(17-15-27)21-23-10-7-11-24-21/h4-11H,3,12-18H2,1-2H3,(H,22,25). The van der Waals surface area contributed by atoms with E-state index >= 15 is 0 Å². The first-order valence-corrected chi connectivity index (χ1v) is 10.0. The Hall–Kier alpha value is -2.67. The highest BCUT2D eigenvalue weighted by molar-refractivity contribution is 5.80. The van der Waals surface area contributed by atoms with Crippen LogP contribution in [0.3, 0.4) is 0 Å². The Morgan fingerprint density at radius 3 is 2.46 bits per heavy atom. The summed E-state index contributed by atoms with van der Waals surface area (Å²) in [7, 11) is 2.15. The molecule has 0 radical (unpaired) electrons. The van der Waals surface area contributed by atoms with Crippen LogP contribution in [0.5, 0.6) is 0 Å². The molecular weight excluding hydrogens is 350 g/mol. The zero-order chi connectivity index (χ0) is 19.6. The van der Waals surface area contributed by atoms with Gasteiger partial charge in [0.15, 0.2) is 5.96 Å². The van der Waals surface area contributed by atoms with E-state index in [1.165, 1.54) is 5.56 Å². The lowest BCUT2D eigenvalue weighted by Crippen LogP contribution is -2.53. The molecule has 0 spiro atoms. The Kier molecular flexibility index (Phi) is 7.61. The lowest BCUT2D eigenvalue weighted by atomic mass is 10.2. The molecular formula is C21H31N7. The quantitative estimate of drug-likeness (QED) is 0.582. The fourth-order valence-corrected chi connectivity index (χ4v) is 3.30. The number of aromatic nitrogens is 2. The number of rotatable bonds is 7. The van der Waals surface area contributed by atoms with E-state index in [-0.39, 0.29) is 0 Å². The predicted molar refractivity (Wildman–Crippen MR) is 115 cm³/mol. The highest BCUT2D eigenvalue weighted by atomic mass is 15.4. The van der Waals surface area contributed by atoms with Gasteiger partial charge >= 0.3 is 0 Å². The molecule has 1 aliphatic heterocycles. The number of likely N-dealkylation sites (N-methyl/N-ethyl adjacent to an activating group) is 1. The third kappa shape index (κ3) is 5.92. The van der Waals surface area contributed by atoms with Crippen molar-refractivity contribution < 1.29 is 0 Å². The van der Waals surface area contributed by atoms with Crippen LogP contribution in [0, 0.1) is 0 Å². The van der Waals surface area contributed by atoms with Gasteiger partial charge in [-0.15, -0.1) is 0 Å². The zero-order valence-corrected chi connectivity index (χ0v) is 17.0. The lowest BCUT2D eigenvalue weighted by Gasteiger charge is -2.36. The monoisotopic (exact) mass is 381 g/mol. The van der Waals surface area contributed by atoms with E-state index in [0.29, 0.717) is 0 Å². The maximum atomic E-state index is 4.86. The second kappa shape index (κ2) is 10.6. The molecule has 3 rings (SSSR count). The van der Waals surface area contributed by atoms with E-state index in [1.807, 2.05) is 6.07 Å². The molecule has 0 aliphatic carbocycles. The van der Waals surface area contributed by atoms with E-state index in [1.54, 1.807) is 12.4 Å². The third-order valence-electron chi connectivity index (χ3n) is 4.79. The molecule has 28 heavy (non-hydrogen) atoms. The SMILES string of the molecule is CCNC(=NCCN(C)Cc1ccccc1)N1CCN(c2ncccn2)CC1. The largest absolute Gasteiger partial charge is 0.357 e. The second-order valence-electron chi connectivity index (χ2n) is 6.98. The van der Waals surface area contributed by atoms with Crippen molar-refractivity contribution in [3.05, 3.63) is 54.4 Å². The number of piperazine rings is 1. The van der Waals surface area contributed by atoms with Crippen molar-refractivity contribution in [2.75, 3.05) is 57.8 Å². The summed E-state index contributed by atoms with van der Waals surface area (Å²) >= 11 is 0. The van der Waals surface area contributed by atoms with Crippen LogP contribution in [-0.2, 0) is 6.54 Å². The van der Waals surface area contributed by atoms with Crippen molar-refractivity contribution in [1.82, 2.24) is 25.1 Å². The number of guanidine groups is 1. The minimum atomic E-state index is 0.785. The van der Waals surface area contributed by atoms with Gasteiger partial charge in [0.1, 0.15) is 0 Å². The van der Waals surface area contributed by atoms with Crippen LogP contribution >= 0.6 is 0 Å². The zero-order valence-electron chi connectivity index (χ0n) is 17.0. The number of hydrogen-bond acceptors (Lipinski definition) is 5. The molecule has 0 amide bonds. The summed E-state index contributed by atoms with van der Waals surface area (Å²) in [5, 5.41) is 3.44. The van der Waals surface area contributed by atoms with Crippen LogP contribution < -0.4 is 10.2 Å². The number of nitrogens with zero attached hydrogens (tertiary/aromatic N) is 6. The molecule has 0 bridgehead atoms. The molecule has 7 heteroatoms. The van der Waals surface area contributed by atoms with Gasteiger partial charge in [0, 0.05) is 58.2 Å². The van der Waals surface area contributed by atoms with Crippen molar-refractivity contribution in [3.63, 3.8) is 0 Å². The van der Waals surface area contributed by atoms with Crippen LogP contribution in [0.25, 0.3) is 0 Å². The van der Waals surface area contributed by atoms with Gasteiger partial charge in [-0.3, -0.25) is 4.99 Å². The van der Waals surface area contributed by atoms with E-state index in [9.17, 15) is 0 Å². The summed E-state index contributed by atoms with van der Waals surface area (Å²) < 4.78 is 0.